The lowest BCUT2D eigenvalue weighted by Crippen LogP contribution is -2.55. The van der Waals surface area contributed by atoms with Crippen molar-refractivity contribution in [3.63, 3.8) is 0 Å². The summed E-state index contributed by atoms with van der Waals surface area (Å²) >= 11 is 0. The summed E-state index contributed by atoms with van der Waals surface area (Å²) in [6.07, 6.45) is 0. The highest BCUT2D eigenvalue weighted by Gasteiger charge is 2.29. The quantitative estimate of drug-likeness (QED) is 0.846. The van der Waals surface area contributed by atoms with Crippen molar-refractivity contribution in [1.29, 1.82) is 0 Å². The van der Waals surface area contributed by atoms with Crippen molar-refractivity contribution in [3.05, 3.63) is 35.4 Å². The van der Waals surface area contributed by atoms with Crippen LogP contribution in [0, 0.1) is 0 Å². The van der Waals surface area contributed by atoms with Gasteiger partial charge in [0.1, 0.15) is 0 Å². The first-order valence-electron chi connectivity index (χ1n) is 8.31. The van der Waals surface area contributed by atoms with Crippen molar-refractivity contribution in [2.45, 2.75) is 0 Å². The number of carboxylic acid groups (broad SMARTS) is 1. The van der Waals surface area contributed by atoms with E-state index in [2.05, 4.69) is 0 Å². The van der Waals surface area contributed by atoms with Gasteiger partial charge in [-0.2, -0.15) is 0 Å². The molecule has 1 N–H and O–H groups in total. The Bertz CT molecular complexity index is 664. The predicted octanol–water partition coefficient (Wildman–Crippen LogP) is 0.595. The Labute approximate surface area is 145 Å². The maximum atomic E-state index is 12.6. The fraction of sp³-hybridized carbons (Fsp3) is 0.471. The third-order valence-electron chi connectivity index (χ3n) is 4.51. The third kappa shape index (κ3) is 3.74. The first kappa shape index (κ1) is 17.2. The highest BCUT2D eigenvalue weighted by Crippen LogP contribution is 2.15. The lowest BCUT2D eigenvalue weighted by Gasteiger charge is -2.38. The van der Waals surface area contributed by atoms with Gasteiger partial charge >= 0.3 is 12.0 Å². The molecule has 0 spiro atoms. The molecule has 3 amide bonds. The molecule has 25 heavy (non-hydrogen) atoms. The number of carbonyl (C=O) groups excluding carboxylic acids is 2. The number of piperazine rings is 1. The van der Waals surface area contributed by atoms with Crippen LogP contribution in [0.2, 0.25) is 0 Å². The van der Waals surface area contributed by atoms with Gasteiger partial charge in [-0.15, -0.1) is 0 Å². The van der Waals surface area contributed by atoms with Crippen LogP contribution in [-0.2, 0) is 4.74 Å². The molecule has 0 saturated carbocycles. The second-order valence-corrected chi connectivity index (χ2v) is 6.01. The van der Waals surface area contributed by atoms with E-state index in [1.165, 1.54) is 12.1 Å². The summed E-state index contributed by atoms with van der Waals surface area (Å²) in [5.74, 6) is -1.43. The summed E-state index contributed by atoms with van der Waals surface area (Å²) < 4.78 is 5.25. The monoisotopic (exact) mass is 347 g/mol. The zero-order valence-electron chi connectivity index (χ0n) is 13.9. The summed E-state index contributed by atoms with van der Waals surface area (Å²) in [7, 11) is 0. The maximum Gasteiger partial charge on any atom is 0.336 e. The topological polar surface area (TPSA) is 90.4 Å². The lowest BCUT2D eigenvalue weighted by atomic mass is 10.1. The van der Waals surface area contributed by atoms with Crippen LogP contribution >= 0.6 is 0 Å². The number of carbonyl (C=O) groups is 3. The average Bonchev–Trinajstić information content (AvgIpc) is 2.67. The molecule has 2 saturated heterocycles. The van der Waals surface area contributed by atoms with Crippen molar-refractivity contribution < 1.29 is 24.2 Å². The Morgan fingerprint density at radius 2 is 1.32 bits per heavy atom. The number of benzene rings is 1. The molecule has 0 aromatic heterocycles. The van der Waals surface area contributed by atoms with Crippen molar-refractivity contribution >= 4 is 17.9 Å². The van der Waals surface area contributed by atoms with Gasteiger partial charge in [-0.05, 0) is 12.1 Å². The summed E-state index contributed by atoms with van der Waals surface area (Å²) in [5.41, 5.74) is 0.183. The van der Waals surface area contributed by atoms with E-state index >= 15 is 0 Å². The van der Waals surface area contributed by atoms with Gasteiger partial charge in [0.05, 0.1) is 24.3 Å². The summed E-state index contributed by atoms with van der Waals surface area (Å²) in [4.78, 5) is 41.5. The predicted molar refractivity (Wildman–Crippen MR) is 88.7 cm³/mol. The minimum Gasteiger partial charge on any atom is -0.478 e. The van der Waals surface area contributed by atoms with Crippen molar-refractivity contribution in [2.75, 3.05) is 52.5 Å². The standard InChI is InChI=1S/C17H21N3O5/c21-15(13-3-1-2-4-14(13)16(22)23)18-5-7-19(8-6-18)17(24)20-9-11-25-12-10-20/h1-4H,5-12H2,(H,22,23). The highest BCUT2D eigenvalue weighted by atomic mass is 16.5. The first-order chi connectivity index (χ1) is 12.1. The van der Waals surface area contributed by atoms with Crippen LogP contribution in [0.4, 0.5) is 4.79 Å². The maximum absolute atomic E-state index is 12.6. The van der Waals surface area contributed by atoms with E-state index in [-0.39, 0.29) is 23.1 Å². The molecule has 0 atom stereocenters. The number of carboxylic acids is 1. The molecule has 8 nitrogen and oxygen atoms in total. The van der Waals surface area contributed by atoms with Crippen LogP contribution in [-0.4, -0.2) is 90.2 Å². The number of nitrogens with zero attached hydrogens (tertiary/aromatic N) is 3. The molecule has 2 fully saturated rings. The molecule has 0 unspecified atom stereocenters. The van der Waals surface area contributed by atoms with Gasteiger partial charge in [0, 0.05) is 39.3 Å². The minimum absolute atomic E-state index is 0.000627. The van der Waals surface area contributed by atoms with Gasteiger partial charge in [-0.25, -0.2) is 9.59 Å². The van der Waals surface area contributed by atoms with Gasteiger partial charge < -0.3 is 24.5 Å². The molecule has 8 heteroatoms. The number of aromatic carboxylic acids is 1. The highest BCUT2D eigenvalue weighted by molar-refractivity contribution is 6.04. The third-order valence-corrected chi connectivity index (χ3v) is 4.51. The number of hydrogen-bond acceptors (Lipinski definition) is 4. The number of amides is 3. The average molecular weight is 347 g/mol. The SMILES string of the molecule is O=C(O)c1ccccc1C(=O)N1CCN(C(=O)N2CCOCC2)CC1. The molecule has 2 aliphatic rings. The van der Waals surface area contributed by atoms with E-state index in [0.29, 0.717) is 52.5 Å². The number of morpholine rings is 1. The minimum atomic E-state index is -1.12. The lowest BCUT2D eigenvalue weighted by molar-refractivity contribution is 0.0362. The normalized spacial score (nSPS) is 18.2. The number of hydrogen-bond donors (Lipinski definition) is 1. The van der Waals surface area contributed by atoms with Crippen molar-refractivity contribution in [3.8, 4) is 0 Å². The van der Waals surface area contributed by atoms with Gasteiger partial charge in [0.25, 0.3) is 5.91 Å². The zero-order valence-corrected chi connectivity index (χ0v) is 13.9. The van der Waals surface area contributed by atoms with Crippen molar-refractivity contribution in [2.24, 2.45) is 0 Å². The summed E-state index contributed by atoms with van der Waals surface area (Å²) in [6, 6.07) is 6.17. The second-order valence-electron chi connectivity index (χ2n) is 6.01. The van der Waals surface area contributed by atoms with Crippen LogP contribution in [0.1, 0.15) is 20.7 Å². The van der Waals surface area contributed by atoms with E-state index in [1.807, 2.05) is 0 Å². The molecule has 2 heterocycles. The van der Waals surface area contributed by atoms with Crippen LogP contribution in [0.3, 0.4) is 0 Å². The van der Waals surface area contributed by atoms with Crippen molar-refractivity contribution in [1.82, 2.24) is 14.7 Å². The van der Waals surface area contributed by atoms with E-state index in [9.17, 15) is 19.5 Å². The Morgan fingerprint density at radius 1 is 0.800 bits per heavy atom. The number of urea groups is 1. The van der Waals surface area contributed by atoms with Crippen LogP contribution < -0.4 is 0 Å². The van der Waals surface area contributed by atoms with Crippen LogP contribution in [0.15, 0.2) is 24.3 Å². The molecular weight excluding hydrogens is 326 g/mol. The number of ether oxygens (including phenoxy) is 1. The van der Waals surface area contributed by atoms with Gasteiger partial charge in [0.2, 0.25) is 0 Å². The fourth-order valence-electron chi connectivity index (χ4n) is 3.08. The Morgan fingerprint density at radius 3 is 1.92 bits per heavy atom. The second kappa shape index (κ2) is 7.52. The molecular formula is C17H21N3O5. The Hall–Kier alpha value is -2.61. The zero-order chi connectivity index (χ0) is 17.8. The Balaban J connectivity index is 1.61. The first-order valence-corrected chi connectivity index (χ1v) is 8.31. The van der Waals surface area contributed by atoms with Crippen LogP contribution in [0.25, 0.3) is 0 Å². The fourth-order valence-corrected chi connectivity index (χ4v) is 3.08. The molecule has 1 aromatic rings. The van der Waals surface area contributed by atoms with Gasteiger partial charge in [-0.1, -0.05) is 12.1 Å². The molecule has 0 bridgehead atoms. The summed E-state index contributed by atoms with van der Waals surface area (Å²) in [5, 5.41) is 9.23. The Kier molecular flexibility index (Phi) is 5.18. The number of rotatable bonds is 2. The molecule has 134 valence electrons. The largest absolute Gasteiger partial charge is 0.478 e. The van der Waals surface area contributed by atoms with E-state index in [1.54, 1.807) is 26.8 Å². The molecule has 1 aromatic carbocycles. The summed E-state index contributed by atoms with van der Waals surface area (Å²) in [6.45, 7) is 3.94. The van der Waals surface area contributed by atoms with E-state index in [0.717, 1.165) is 0 Å². The molecule has 0 radical (unpaired) electrons. The van der Waals surface area contributed by atoms with Gasteiger partial charge in [0.15, 0.2) is 0 Å². The van der Waals surface area contributed by atoms with E-state index < -0.39 is 5.97 Å². The molecule has 0 aliphatic carbocycles. The molecule has 2 aliphatic heterocycles. The van der Waals surface area contributed by atoms with Crippen LogP contribution in [0.5, 0.6) is 0 Å². The molecule has 3 rings (SSSR count). The van der Waals surface area contributed by atoms with E-state index in [4.69, 9.17) is 4.74 Å². The van der Waals surface area contributed by atoms with Gasteiger partial charge in [-0.3, -0.25) is 4.79 Å². The smallest absolute Gasteiger partial charge is 0.336 e.